The Morgan fingerprint density at radius 2 is 1.71 bits per heavy atom. The summed E-state index contributed by atoms with van der Waals surface area (Å²) in [7, 11) is 1.57. The van der Waals surface area contributed by atoms with Crippen LogP contribution in [-0.4, -0.2) is 42.0 Å². The Kier molecular flexibility index (Phi) is 7.00. The molecule has 6 nitrogen and oxygen atoms in total. The number of ether oxygens (including phenoxy) is 2. The number of hydrogen-bond donors (Lipinski definition) is 1. The summed E-state index contributed by atoms with van der Waals surface area (Å²) >= 11 is 0. The van der Waals surface area contributed by atoms with E-state index in [9.17, 15) is 14.7 Å². The molecule has 164 valence electrons. The predicted molar refractivity (Wildman–Crippen MR) is 119 cm³/mol. The minimum absolute atomic E-state index is 0.106. The molecule has 1 saturated heterocycles. The number of likely N-dealkylation sites (tertiary alicyclic amines) is 1. The van der Waals surface area contributed by atoms with Gasteiger partial charge in [0.25, 0.3) is 11.7 Å². The fraction of sp³-hybridized carbons (Fsp3) is 0.360. The van der Waals surface area contributed by atoms with Crippen molar-refractivity contribution in [3.8, 4) is 11.5 Å². The lowest BCUT2D eigenvalue weighted by molar-refractivity contribution is -0.139. The fourth-order valence-electron chi connectivity index (χ4n) is 3.84. The van der Waals surface area contributed by atoms with Gasteiger partial charge in [0.05, 0.1) is 25.3 Å². The highest BCUT2D eigenvalue weighted by molar-refractivity contribution is 6.46. The van der Waals surface area contributed by atoms with E-state index in [2.05, 4.69) is 0 Å². The van der Waals surface area contributed by atoms with Gasteiger partial charge in [-0.1, -0.05) is 26.0 Å². The first-order chi connectivity index (χ1) is 14.9. The highest BCUT2D eigenvalue weighted by Crippen LogP contribution is 2.40. The number of methoxy groups -OCH3 is 1. The molecule has 1 aliphatic rings. The summed E-state index contributed by atoms with van der Waals surface area (Å²) in [4.78, 5) is 27.3. The Labute approximate surface area is 183 Å². The molecule has 1 amide bonds. The summed E-state index contributed by atoms with van der Waals surface area (Å²) in [6.07, 6.45) is 1.60. The molecule has 0 aromatic heterocycles. The molecule has 1 aliphatic heterocycles. The first kappa shape index (κ1) is 22.4. The second-order valence-corrected chi connectivity index (χ2v) is 7.59. The van der Waals surface area contributed by atoms with Gasteiger partial charge in [0.15, 0.2) is 0 Å². The summed E-state index contributed by atoms with van der Waals surface area (Å²) in [6.45, 7) is 6.85. The molecule has 2 aromatic carbocycles. The molecule has 1 fully saturated rings. The highest BCUT2D eigenvalue weighted by Gasteiger charge is 2.45. The third-order valence-electron chi connectivity index (χ3n) is 5.36. The van der Waals surface area contributed by atoms with Crippen LogP contribution in [0.1, 0.15) is 49.4 Å². The number of aliphatic hydroxyl groups excluding tert-OH is 1. The van der Waals surface area contributed by atoms with Crippen molar-refractivity contribution in [3.63, 3.8) is 0 Å². The zero-order chi connectivity index (χ0) is 22.5. The molecular weight excluding hydrogens is 394 g/mol. The zero-order valence-corrected chi connectivity index (χ0v) is 18.5. The number of rotatable bonds is 8. The van der Waals surface area contributed by atoms with Gasteiger partial charge in [-0.3, -0.25) is 9.59 Å². The first-order valence-corrected chi connectivity index (χ1v) is 10.6. The molecule has 31 heavy (non-hydrogen) atoms. The third kappa shape index (κ3) is 4.43. The van der Waals surface area contributed by atoms with E-state index in [0.717, 1.165) is 23.3 Å². The Hall–Kier alpha value is -3.28. The Morgan fingerprint density at radius 3 is 2.29 bits per heavy atom. The van der Waals surface area contributed by atoms with Crippen LogP contribution in [0.5, 0.6) is 11.5 Å². The van der Waals surface area contributed by atoms with Gasteiger partial charge in [0.2, 0.25) is 0 Å². The van der Waals surface area contributed by atoms with Crippen molar-refractivity contribution in [3.05, 3.63) is 64.7 Å². The number of nitrogens with zero attached hydrogens (tertiary/aromatic N) is 1. The number of carbonyl (C=O) groups excluding carboxylic acids is 2. The molecule has 0 radical (unpaired) electrons. The maximum atomic E-state index is 13.0. The van der Waals surface area contributed by atoms with E-state index in [-0.39, 0.29) is 11.3 Å². The van der Waals surface area contributed by atoms with Crippen molar-refractivity contribution >= 4 is 17.4 Å². The molecule has 0 aliphatic carbocycles. The number of aliphatic hydroxyl groups is 1. The van der Waals surface area contributed by atoms with E-state index in [1.54, 1.807) is 25.3 Å². The van der Waals surface area contributed by atoms with E-state index in [1.165, 1.54) is 4.90 Å². The van der Waals surface area contributed by atoms with Gasteiger partial charge >= 0.3 is 0 Å². The second kappa shape index (κ2) is 9.69. The van der Waals surface area contributed by atoms with Crippen molar-refractivity contribution in [2.75, 3.05) is 20.3 Å². The number of amides is 1. The van der Waals surface area contributed by atoms with Crippen LogP contribution in [0.4, 0.5) is 0 Å². The molecular formula is C25H29NO5. The lowest BCUT2D eigenvalue weighted by Crippen LogP contribution is -2.30. The predicted octanol–water partition coefficient (Wildman–Crippen LogP) is 4.62. The Balaban J connectivity index is 2.10. The zero-order valence-electron chi connectivity index (χ0n) is 18.5. The van der Waals surface area contributed by atoms with Gasteiger partial charge < -0.3 is 19.5 Å². The van der Waals surface area contributed by atoms with Crippen molar-refractivity contribution < 1.29 is 24.2 Å². The van der Waals surface area contributed by atoms with Crippen molar-refractivity contribution in [1.82, 2.24) is 4.90 Å². The van der Waals surface area contributed by atoms with Gasteiger partial charge in [0, 0.05) is 12.1 Å². The molecule has 0 bridgehead atoms. The number of benzene rings is 2. The second-order valence-electron chi connectivity index (χ2n) is 7.59. The molecule has 2 aromatic rings. The maximum absolute atomic E-state index is 13.0. The van der Waals surface area contributed by atoms with E-state index in [4.69, 9.17) is 9.47 Å². The smallest absolute Gasteiger partial charge is 0.295 e. The normalized spacial score (nSPS) is 17.8. The minimum Gasteiger partial charge on any atom is -0.507 e. The average Bonchev–Trinajstić information content (AvgIpc) is 3.02. The molecule has 1 N–H and O–H groups in total. The summed E-state index contributed by atoms with van der Waals surface area (Å²) < 4.78 is 10.9. The van der Waals surface area contributed by atoms with E-state index in [0.29, 0.717) is 30.9 Å². The van der Waals surface area contributed by atoms with Crippen LogP contribution in [0.15, 0.2) is 48.0 Å². The summed E-state index contributed by atoms with van der Waals surface area (Å²) in [6, 6.07) is 11.9. The van der Waals surface area contributed by atoms with Crippen molar-refractivity contribution in [1.29, 1.82) is 0 Å². The van der Waals surface area contributed by atoms with Gasteiger partial charge in [-0.05, 0) is 61.2 Å². The van der Waals surface area contributed by atoms with E-state index in [1.807, 2.05) is 45.0 Å². The molecule has 6 heteroatoms. The summed E-state index contributed by atoms with van der Waals surface area (Å²) in [5, 5.41) is 11.2. The number of aryl methyl sites for hydroxylation is 1. The van der Waals surface area contributed by atoms with Gasteiger partial charge in [-0.25, -0.2) is 0 Å². The molecule has 1 atom stereocenters. The summed E-state index contributed by atoms with van der Waals surface area (Å²) in [5.74, 6) is -0.0551. The Morgan fingerprint density at radius 1 is 1.03 bits per heavy atom. The van der Waals surface area contributed by atoms with Gasteiger partial charge in [0.1, 0.15) is 17.3 Å². The van der Waals surface area contributed by atoms with Gasteiger partial charge in [-0.2, -0.15) is 0 Å². The van der Waals surface area contributed by atoms with E-state index >= 15 is 0 Å². The Bertz CT molecular complexity index is 993. The molecule has 1 unspecified atom stereocenters. The molecule has 1 heterocycles. The summed E-state index contributed by atoms with van der Waals surface area (Å²) in [5.41, 5.74) is 2.11. The lowest BCUT2D eigenvalue weighted by atomic mass is 9.94. The average molecular weight is 424 g/mol. The molecule has 3 rings (SSSR count). The fourth-order valence-corrected chi connectivity index (χ4v) is 3.84. The van der Waals surface area contributed by atoms with Gasteiger partial charge in [-0.15, -0.1) is 0 Å². The van der Waals surface area contributed by atoms with Crippen LogP contribution in [0, 0.1) is 6.92 Å². The number of Topliss-reactive ketones (excluding diaryl/α,β-unsaturated/α-hetero) is 1. The maximum Gasteiger partial charge on any atom is 0.295 e. The van der Waals surface area contributed by atoms with Crippen molar-refractivity contribution in [2.45, 2.75) is 39.7 Å². The van der Waals surface area contributed by atoms with Crippen LogP contribution in [0.3, 0.4) is 0 Å². The standard InChI is InChI=1S/C25H29NO5/c1-5-13-26-22(17-7-9-18(10-8-17)31-14-6-2)21(24(28)25(26)29)23(27)20-12-11-19(30-4)15-16(20)3/h7-12,15,22,27H,5-6,13-14H2,1-4H3/b23-21-. The SMILES string of the molecule is CCCOc1ccc(C2/C(=C(/O)c3ccc(OC)cc3C)C(=O)C(=O)N2CCC)cc1. The van der Waals surface area contributed by atoms with Crippen molar-refractivity contribution in [2.24, 2.45) is 0 Å². The van der Waals surface area contributed by atoms with Crippen LogP contribution in [0.2, 0.25) is 0 Å². The number of carbonyl (C=O) groups is 2. The molecule has 0 saturated carbocycles. The van der Waals surface area contributed by atoms with Crippen LogP contribution in [0.25, 0.3) is 5.76 Å². The number of hydrogen-bond acceptors (Lipinski definition) is 5. The van der Waals surface area contributed by atoms with Crippen LogP contribution < -0.4 is 9.47 Å². The third-order valence-corrected chi connectivity index (χ3v) is 5.36. The van der Waals surface area contributed by atoms with E-state index < -0.39 is 17.7 Å². The number of ketones is 1. The minimum atomic E-state index is -0.669. The quantitative estimate of drug-likeness (QED) is 0.381. The largest absolute Gasteiger partial charge is 0.507 e. The topological polar surface area (TPSA) is 76.1 Å². The lowest BCUT2D eigenvalue weighted by Gasteiger charge is -2.25. The first-order valence-electron chi connectivity index (χ1n) is 10.6. The monoisotopic (exact) mass is 423 g/mol. The molecule has 0 spiro atoms. The van der Waals surface area contributed by atoms with Crippen LogP contribution in [-0.2, 0) is 9.59 Å². The highest BCUT2D eigenvalue weighted by atomic mass is 16.5. The van der Waals surface area contributed by atoms with Crippen LogP contribution >= 0.6 is 0 Å².